The van der Waals surface area contributed by atoms with Crippen molar-refractivity contribution in [2.75, 3.05) is 13.1 Å². The van der Waals surface area contributed by atoms with Crippen LogP contribution in [0.2, 0.25) is 0 Å². The van der Waals surface area contributed by atoms with Gasteiger partial charge in [0.15, 0.2) is 5.78 Å². The largest absolute Gasteiger partial charge is 0.364 e. The third-order valence-corrected chi connectivity index (χ3v) is 5.03. The Morgan fingerprint density at radius 1 is 1.04 bits per heavy atom. The molecule has 0 radical (unpaired) electrons. The Bertz CT molecular complexity index is 842. The van der Waals surface area contributed by atoms with E-state index in [2.05, 4.69) is 22.2 Å². The van der Waals surface area contributed by atoms with Gasteiger partial charge in [0.2, 0.25) is 0 Å². The van der Waals surface area contributed by atoms with Gasteiger partial charge < -0.3 is 4.52 Å². The SMILES string of the molecule is O=C(c1ccc(-c2ccccc2)cc1)C1CCCN(Cc2ccon2)C1. The molecule has 1 aliphatic heterocycles. The van der Waals surface area contributed by atoms with Gasteiger partial charge in [0, 0.05) is 30.6 Å². The highest BCUT2D eigenvalue weighted by Gasteiger charge is 2.27. The summed E-state index contributed by atoms with van der Waals surface area (Å²) in [6.07, 6.45) is 3.58. The molecule has 4 rings (SSSR count). The smallest absolute Gasteiger partial charge is 0.167 e. The summed E-state index contributed by atoms with van der Waals surface area (Å²) >= 11 is 0. The van der Waals surface area contributed by atoms with E-state index in [1.807, 2.05) is 48.5 Å². The minimum atomic E-state index is 0.0539. The van der Waals surface area contributed by atoms with Crippen LogP contribution < -0.4 is 0 Å². The summed E-state index contributed by atoms with van der Waals surface area (Å²) in [5.41, 5.74) is 4.03. The zero-order valence-electron chi connectivity index (χ0n) is 14.7. The van der Waals surface area contributed by atoms with Crippen LogP contribution in [0.25, 0.3) is 11.1 Å². The first kappa shape index (κ1) is 16.7. The van der Waals surface area contributed by atoms with Gasteiger partial charge >= 0.3 is 0 Å². The average Bonchev–Trinajstić information content (AvgIpc) is 3.21. The van der Waals surface area contributed by atoms with E-state index < -0.39 is 0 Å². The zero-order valence-corrected chi connectivity index (χ0v) is 14.7. The fraction of sp³-hybridized carbons (Fsp3) is 0.273. The molecule has 0 spiro atoms. The van der Waals surface area contributed by atoms with Gasteiger partial charge in [-0.25, -0.2) is 0 Å². The molecule has 1 atom stereocenters. The second kappa shape index (κ2) is 7.67. The quantitative estimate of drug-likeness (QED) is 0.641. The lowest BCUT2D eigenvalue weighted by molar-refractivity contribution is 0.0809. The van der Waals surface area contributed by atoms with Crippen molar-refractivity contribution in [1.82, 2.24) is 10.1 Å². The van der Waals surface area contributed by atoms with Crippen LogP contribution in [-0.4, -0.2) is 28.9 Å². The Balaban J connectivity index is 1.43. The Morgan fingerprint density at radius 2 is 1.81 bits per heavy atom. The molecule has 26 heavy (non-hydrogen) atoms. The normalized spacial score (nSPS) is 17.9. The molecule has 132 valence electrons. The van der Waals surface area contributed by atoms with Gasteiger partial charge in [0.05, 0.1) is 5.69 Å². The fourth-order valence-corrected chi connectivity index (χ4v) is 3.65. The van der Waals surface area contributed by atoms with Crippen molar-refractivity contribution in [2.45, 2.75) is 19.4 Å². The molecule has 1 fully saturated rings. The number of carbonyl (C=O) groups is 1. The molecule has 0 N–H and O–H groups in total. The predicted molar refractivity (Wildman–Crippen MR) is 101 cm³/mol. The molecule has 0 bridgehead atoms. The first-order valence-electron chi connectivity index (χ1n) is 9.11. The number of likely N-dealkylation sites (tertiary alicyclic amines) is 1. The number of Topliss-reactive ketones (excluding diaryl/α,β-unsaturated/α-hetero) is 1. The number of rotatable bonds is 5. The summed E-state index contributed by atoms with van der Waals surface area (Å²) in [5, 5.41) is 3.98. The molecule has 1 aromatic heterocycles. The van der Waals surface area contributed by atoms with Crippen molar-refractivity contribution in [3.05, 3.63) is 78.2 Å². The lowest BCUT2D eigenvalue weighted by Gasteiger charge is -2.31. The molecule has 3 aromatic rings. The summed E-state index contributed by atoms with van der Waals surface area (Å²) in [6, 6.07) is 20.1. The fourth-order valence-electron chi connectivity index (χ4n) is 3.65. The van der Waals surface area contributed by atoms with E-state index in [9.17, 15) is 4.79 Å². The molecule has 0 aliphatic carbocycles. The molecule has 0 amide bonds. The van der Waals surface area contributed by atoms with E-state index in [1.165, 1.54) is 5.56 Å². The van der Waals surface area contributed by atoms with Crippen LogP contribution in [0, 0.1) is 5.92 Å². The van der Waals surface area contributed by atoms with Crippen LogP contribution in [0.3, 0.4) is 0 Å². The maximum Gasteiger partial charge on any atom is 0.167 e. The number of aromatic nitrogens is 1. The third-order valence-electron chi connectivity index (χ3n) is 5.03. The van der Waals surface area contributed by atoms with Crippen molar-refractivity contribution < 1.29 is 9.32 Å². The molecular formula is C22H22N2O2. The number of benzene rings is 2. The molecule has 1 saturated heterocycles. The van der Waals surface area contributed by atoms with Crippen molar-refractivity contribution in [3.8, 4) is 11.1 Å². The van der Waals surface area contributed by atoms with Crippen LogP contribution in [0.4, 0.5) is 0 Å². The number of nitrogens with zero attached hydrogens (tertiary/aromatic N) is 2. The zero-order chi connectivity index (χ0) is 17.8. The first-order valence-corrected chi connectivity index (χ1v) is 9.11. The summed E-state index contributed by atoms with van der Waals surface area (Å²) in [6.45, 7) is 2.53. The summed E-state index contributed by atoms with van der Waals surface area (Å²) < 4.78 is 4.90. The number of hydrogen-bond acceptors (Lipinski definition) is 4. The molecule has 4 heteroatoms. The van der Waals surface area contributed by atoms with Gasteiger partial charge in [-0.05, 0) is 30.5 Å². The highest BCUT2D eigenvalue weighted by Crippen LogP contribution is 2.24. The van der Waals surface area contributed by atoms with Gasteiger partial charge in [-0.15, -0.1) is 0 Å². The molecule has 1 aliphatic rings. The monoisotopic (exact) mass is 346 g/mol. The molecule has 4 nitrogen and oxygen atoms in total. The highest BCUT2D eigenvalue weighted by molar-refractivity contribution is 5.98. The van der Waals surface area contributed by atoms with Crippen LogP contribution >= 0.6 is 0 Å². The van der Waals surface area contributed by atoms with Crippen molar-refractivity contribution >= 4 is 5.78 Å². The summed E-state index contributed by atoms with van der Waals surface area (Å²) in [5.74, 6) is 0.299. The van der Waals surface area contributed by atoms with Crippen LogP contribution in [0.1, 0.15) is 28.9 Å². The number of ketones is 1. The second-order valence-electron chi connectivity index (χ2n) is 6.87. The standard InChI is InChI=1S/C22H22N2O2/c25-22(19-10-8-18(9-11-19)17-5-2-1-3-6-17)20-7-4-13-24(15-20)16-21-12-14-26-23-21/h1-3,5-6,8-12,14,20H,4,7,13,15-16H2. The Labute approximate surface area is 153 Å². The lowest BCUT2D eigenvalue weighted by Crippen LogP contribution is -2.38. The van der Waals surface area contributed by atoms with Gasteiger partial charge in [0.1, 0.15) is 6.26 Å². The first-order chi connectivity index (χ1) is 12.8. The number of hydrogen-bond donors (Lipinski definition) is 0. The van der Waals surface area contributed by atoms with E-state index in [0.29, 0.717) is 0 Å². The summed E-state index contributed by atoms with van der Waals surface area (Å²) in [7, 11) is 0. The van der Waals surface area contributed by atoms with Crippen LogP contribution in [0.15, 0.2) is 71.4 Å². The Kier molecular flexibility index (Phi) is 4.93. The number of piperidine rings is 1. The molecule has 2 aromatic carbocycles. The van der Waals surface area contributed by atoms with E-state index in [4.69, 9.17) is 4.52 Å². The van der Waals surface area contributed by atoms with Crippen molar-refractivity contribution in [1.29, 1.82) is 0 Å². The third kappa shape index (κ3) is 3.75. The molecule has 2 heterocycles. The molecule has 1 unspecified atom stereocenters. The van der Waals surface area contributed by atoms with E-state index in [-0.39, 0.29) is 11.7 Å². The van der Waals surface area contributed by atoms with Gasteiger partial charge in [-0.1, -0.05) is 59.8 Å². The Morgan fingerprint density at radius 3 is 2.54 bits per heavy atom. The lowest BCUT2D eigenvalue weighted by atomic mass is 9.89. The molecular weight excluding hydrogens is 324 g/mol. The van der Waals surface area contributed by atoms with Crippen molar-refractivity contribution in [3.63, 3.8) is 0 Å². The minimum Gasteiger partial charge on any atom is -0.364 e. The molecule has 0 saturated carbocycles. The average molecular weight is 346 g/mol. The maximum absolute atomic E-state index is 12.9. The second-order valence-corrected chi connectivity index (χ2v) is 6.87. The highest BCUT2D eigenvalue weighted by atomic mass is 16.5. The van der Waals surface area contributed by atoms with E-state index >= 15 is 0 Å². The predicted octanol–water partition coefficient (Wildman–Crippen LogP) is 4.44. The van der Waals surface area contributed by atoms with E-state index in [1.54, 1.807) is 6.26 Å². The van der Waals surface area contributed by atoms with Gasteiger partial charge in [0.25, 0.3) is 0 Å². The van der Waals surface area contributed by atoms with Gasteiger partial charge in [-0.2, -0.15) is 0 Å². The topological polar surface area (TPSA) is 46.3 Å². The maximum atomic E-state index is 12.9. The Hall–Kier alpha value is -2.72. The van der Waals surface area contributed by atoms with Gasteiger partial charge in [-0.3, -0.25) is 9.69 Å². The minimum absolute atomic E-state index is 0.0539. The van der Waals surface area contributed by atoms with Crippen molar-refractivity contribution in [2.24, 2.45) is 5.92 Å². The van der Waals surface area contributed by atoms with Crippen LogP contribution in [0.5, 0.6) is 0 Å². The summed E-state index contributed by atoms with van der Waals surface area (Å²) in [4.78, 5) is 15.2. The number of carbonyl (C=O) groups excluding carboxylic acids is 1. The van der Waals surface area contributed by atoms with E-state index in [0.717, 1.165) is 49.3 Å². The van der Waals surface area contributed by atoms with Crippen LogP contribution in [-0.2, 0) is 6.54 Å².